The predicted molar refractivity (Wildman–Crippen MR) is 135 cm³/mol. The average Bonchev–Trinajstić information content (AvgIpc) is 2.78. The number of Topliss-reactive ketones (excluding diaryl/α,β-unsaturated/α-hetero) is 1. The molecule has 0 aliphatic rings. The van der Waals surface area contributed by atoms with Crippen LogP contribution in [0.2, 0.25) is 0 Å². The van der Waals surface area contributed by atoms with Gasteiger partial charge in [-0.15, -0.1) is 0 Å². The number of thiocarbonyl (C=S) groups is 1. The number of benzene rings is 3. The van der Waals surface area contributed by atoms with Gasteiger partial charge in [-0.2, -0.15) is 12.6 Å². The molecule has 1 unspecified atom stereocenters. The Morgan fingerprint density at radius 1 is 1.00 bits per heavy atom. The zero-order valence-corrected chi connectivity index (χ0v) is 19.1. The third-order valence-electron chi connectivity index (χ3n) is 4.56. The average molecular weight is 469 g/mol. The molecule has 0 heterocycles. The third-order valence-corrected chi connectivity index (χ3v) is 5.07. The number of hydrogen-bond acceptors (Lipinski definition) is 6. The number of rotatable bonds is 8. The van der Waals surface area contributed by atoms with E-state index in [1.165, 1.54) is 0 Å². The van der Waals surface area contributed by atoms with Gasteiger partial charge in [-0.05, 0) is 47.9 Å². The fourth-order valence-corrected chi connectivity index (χ4v) is 3.57. The Labute approximate surface area is 197 Å². The second kappa shape index (κ2) is 11.4. The molecule has 3 aromatic rings. The maximum atomic E-state index is 12.2. The molecule has 0 radical (unpaired) electrons. The van der Waals surface area contributed by atoms with Crippen LogP contribution in [-0.4, -0.2) is 29.3 Å². The second-order valence-corrected chi connectivity index (χ2v) is 7.99. The zero-order chi connectivity index (χ0) is 22.9. The number of hydrazine groups is 1. The van der Waals surface area contributed by atoms with Gasteiger partial charge < -0.3 is 15.4 Å². The second-order valence-electron chi connectivity index (χ2n) is 6.96. The predicted octanol–water partition coefficient (Wildman–Crippen LogP) is 3.88. The van der Waals surface area contributed by atoms with Crippen molar-refractivity contribution in [2.45, 2.75) is 18.2 Å². The van der Waals surface area contributed by atoms with Gasteiger partial charge in [0.1, 0.15) is 11.5 Å². The number of ketones is 1. The van der Waals surface area contributed by atoms with Crippen molar-refractivity contribution in [3.05, 3.63) is 66.7 Å². The first-order chi connectivity index (χ1) is 15.4. The fourth-order valence-electron chi connectivity index (χ4n) is 3.06. The molecule has 3 aromatic carbocycles. The van der Waals surface area contributed by atoms with Crippen LogP contribution in [-0.2, 0) is 9.59 Å². The lowest BCUT2D eigenvalue weighted by Crippen LogP contribution is -2.44. The number of carbonyl (C=O) groups excluding carboxylic acids is 2. The number of anilines is 2. The van der Waals surface area contributed by atoms with Crippen molar-refractivity contribution in [1.82, 2.24) is 10.9 Å². The summed E-state index contributed by atoms with van der Waals surface area (Å²) in [5.74, 6) is -0.000315. The van der Waals surface area contributed by atoms with Crippen molar-refractivity contribution < 1.29 is 14.3 Å². The van der Waals surface area contributed by atoms with Gasteiger partial charge >= 0.3 is 0 Å². The molecule has 166 valence electrons. The fraction of sp³-hybridized carbons (Fsp3) is 0.174. The number of thiol groups is 1. The van der Waals surface area contributed by atoms with E-state index in [1.54, 1.807) is 19.2 Å². The molecule has 0 spiro atoms. The molecule has 0 saturated carbocycles. The number of fused-ring (bicyclic) bond motifs is 1. The minimum Gasteiger partial charge on any atom is -0.497 e. The van der Waals surface area contributed by atoms with E-state index in [2.05, 4.69) is 34.1 Å². The SMILES string of the molecule is COc1ccc(NC(S)CC(=O)CC(=O)NNC(=S)Nc2cccc3ccccc23)cc1. The van der Waals surface area contributed by atoms with Gasteiger partial charge in [0.15, 0.2) is 5.11 Å². The highest BCUT2D eigenvalue weighted by atomic mass is 32.1. The summed E-state index contributed by atoms with van der Waals surface area (Å²) in [5.41, 5.74) is 6.69. The van der Waals surface area contributed by atoms with Crippen LogP contribution >= 0.6 is 24.8 Å². The van der Waals surface area contributed by atoms with Gasteiger partial charge in [-0.3, -0.25) is 20.4 Å². The van der Waals surface area contributed by atoms with Crippen molar-refractivity contribution in [2.24, 2.45) is 0 Å². The molecule has 7 nitrogen and oxygen atoms in total. The van der Waals surface area contributed by atoms with Crippen LogP contribution in [0.25, 0.3) is 10.8 Å². The maximum absolute atomic E-state index is 12.2. The first kappa shape index (κ1) is 23.4. The molecule has 1 atom stereocenters. The Morgan fingerprint density at radius 2 is 1.72 bits per heavy atom. The quantitative estimate of drug-likeness (QED) is 0.113. The summed E-state index contributed by atoms with van der Waals surface area (Å²) in [6, 6.07) is 21.0. The Hall–Kier alpha value is -3.30. The van der Waals surface area contributed by atoms with E-state index >= 15 is 0 Å². The molecule has 0 aliphatic carbocycles. The van der Waals surface area contributed by atoms with E-state index in [4.69, 9.17) is 17.0 Å². The number of methoxy groups -OCH3 is 1. The minimum atomic E-state index is -0.484. The highest BCUT2D eigenvalue weighted by molar-refractivity contribution is 7.81. The summed E-state index contributed by atoms with van der Waals surface area (Å²) in [6.45, 7) is 0. The summed E-state index contributed by atoms with van der Waals surface area (Å²) in [5, 5.41) is 8.02. The van der Waals surface area contributed by atoms with Crippen LogP contribution in [0, 0.1) is 0 Å². The van der Waals surface area contributed by atoms with E-state index in [0.717, 1.165) is 27.9 Å². The topological polar surface area (TPSA) is 91.5 Å². The normalized spacial score (nSPS) is 11.3. The van der Waals surface area contributed by atoms with Crippen LogP contribution < -0.4 is 26.2 Å². The molecule has 0 fully saturated rings. The smallest absolute Gasteiger partial charge is 0.245 e. The lowest BCUT2D eigenvalue weighted by atomic mass is 10.1. The number of hydrogen-bond donors (Lipinski definition) is 5. The molecule has 3 rings (SSSR count). The van der Waals surface area contributed by atoms with Gasteiger partial charge in [0.25, 0.3) is 0 Å². The molecule has 0 aromatic heterocycles. The van der Waals surface area contributed by atoms with Gasteiger partial charge in [0, 0.05) is 23.2 Å². The Kier molecular flexibility index (Phi) is 8.29. The van der Waals surface area contributed by atoms with Crippen molar-refractivity contribution in [1.29, 1.82) is 0 Å². The van der Waals surface area contributed by atoms with E-state index in [0.29, 0.717) is 0 Å². The summed E-state index contributed by atoms with van der Waals surface area (Å²) in [6.07, 6.45) is -0.202. The highest BCUT2D eigenvalue weighted by Crippen LogP contribution is 2.22. The van der Waals surface area contributed by atoms with Crippen LogP contribution in [0.3, 0.4) is 0 Å². The third kappa shape index (κ3) is 6.86. The van der Waals surface area contributed by atoms with Crippen molar-refractivity contribution >= 4 is 63.8 Å². The molecule has 1 amide bonds. The van der Waals surface area contributed by atoms with Crippen LogP contribution in [0.1, 0.15) is 12.8 Å². The van der Waals surface area contributed by atoms with E-state index in [-0.39, 0.29) is 23.7 Å². The van der Waals surface area contributed by atoms with E-state index < -0.39 is 11.3 Å². The lowest BCUT2D eigenvalue weighted by molar-refractivity contribution is -0.128. The number of ether oxygens (including phenoxy) is 1. The maximum Gasteiger partial charge on any atom is 0.245 e. The largest absolute Gasteiger partial charge is 0.497 e. The van der Waals surface area contributed by atoms with Crippen molar-refractivity contribution in [3.8, 4) is 5.75 Å². The van der Waals surface area contributed by atoms with Crippen LogP contribution in [0.15, 0.2) is 66.7 Å². The first-order valence-corrected chi connectivity index (χ1v) is 10.8. The zero-order valence-electron chi connectivity index (χ0n) is 17.4. The minimum absolute atomic E-state index is 0.0846. The number of amides is 1. The Balaban J connectivity index is 1.41. The van der Waals surface area contributed by atoms with Gasteiger partial charge in [0.05, 0.1) is 18.9 Å². The molecule has 32 heavy (non-hydrogen) atoms. The molecule has 4 N–H and O–H groups in total. The van der Waals surface area contributed by atoms with E-state index in [9.17, 15) is 9.59 Å². The molecular formula is C23H24N4O3S2. The van der Waals surface area contributed by atoms with Gasteiger partial charge in [-0.25, -0.2) is 0 Å². The summed E-state index contributed by atoms with van der Waals surface area (Å²) >= 11 is 9.62. The molecule has 9 heteroatoms. The molecule has 0 aliphatic heterocycles. The Bertz CT molecular complexity index is 1100. The molecule has 0 saturated heterocycles. The van der Waals surface area contributed by atoms with Crippen LogP contribution in [0.4, 0.5) is 11.4 Å². The van der Waals surface area contributed by atoms with Crippen molar-refractivity contribution in [3.63, 3.8) is 0 Å². The lowest BCUT2D eigenvalue weighted by Gasteiger charge is -2.15. The molecular weight excluding hydrogens is 444 g/mol. The monoisotopic (exact) mass is 468 g/mol. The standard InChI is InChI=1S/C23H24N4O3S2/c1-30-18-11-9-16(10-12-18)24-22(31)14-17(28)13-21(29)26-27-23(32)25-20-8-4-6-15-5-2-3-7-19(15)20/h2-12,22,24,31H,13-14H2,1H3,(H,26,29)(H2,25,27,32). The highest BCUT2D eigenvalue weighted by Gasteiger charge is 2.14. The van der Waals surface area contributed by atoms with E-state index in [1.807, 2.05) is 54.6 Å². The summed E-state index contributed by atoms with van der Waals surface area (Å²) < 4.78 is 5.11. The summed E-state index contributed by atoms with van der Waals surface area (Å²) in [7, 11) is 1.59. The van der Waals surface area contributed by atoms with Gasteiger partial charge in [0.2, 0.25) is 5.91 Å². The summed E-state index contributed by atoms with van der Waals surface area (Å²) in [4.78, 5) is 24.3. The van der Waals surface area contributed by atoms with Gasteiger partial charge in [-0.1, -0.05) is 36.4 Å². The van der Waals surface area contributed by atoms with Crippen LogP contribution in [0.5, 0.6) is 5.75 Å². The Morgan fingerprint density at radius 3 is 2.47 bits per heavy atom. The number of nitrogens with one attached hydrogen (secondary N) is 4. The number of carbonyl (C=O) groups is 2. The van der Waals surface area contributed by atoms with Crippen molar-refractivity contribution in [2.75, 3.05) is 17.7 Å². The molecule has 0 bridgehead atoms. The first-order valence-electron chi connectivity index (χ1n) is 9.88.